The molecule has 0 bridgehead atoms. The minimum Gasteiger partial charge on any atom is -1.00 e. The average Bonchev–Trinajstić information content (AvgIpc) is 1.89. The third-order valence-electron chi connectivity index (χ3n) is 0.734. The normalized spacial score (nSPS) is 10.7. The Morgan fingerprint density at radius 2 is 1.80 bits per heavy atom. The Bertz CT molecular complexity index is 115. The first kappa shape index (κ1) is 13.3. The van der Waals surface area contributed by atoms with Crippen molar-refractivity contribution in [2.45, 2.75) is 6.92 Å². The summed E-state index contributed by atoms with van der Waals surface area (Å²) >= 11 is 0. The summed E-state index contributed by atoms with van der Waals surface area (Å²) < 4.78 is 24.4. The molecule has 0 spiro atoms. The van der Waals surface area contributed by atoms with Crippen molar-refractivity contribution >= 4 is 7.82 Å². The second kappa shape index (κ2) is 6.42. The fourth-order valence-corrected chi connectivity index (χ4v) is 1.01. The summed E-state index contributed by atoms with van der Waals surface area (Å²) in [5.41, 5.74) is 0. The van der Waals surface area contributed by atoms with Crippen LogP contribution in [0.4, 0.5) is 0 Å². The van der Waals surface area contributed by atoms with Crippen LogP contribution in [0.25, 0.3) is 0 Å². The van der Waals surface area contributed by atoms with Crippen LogP contribution in [-0.4, -0.2) is 20.8 Å². The topological polar surface area (TPSA) is 44.8 Å². The van der Waals surface area contributed by atoms with Crippen molar-refractivity contribution in [1.82, 2.24) is 0 Å². The first-order valence-corrected chi connectivity index (χ1v) is 4.00. The second-order valence-corrected chi connectivity index (χ2v) is 3.11. The van der Waals surface area contributed by atoms with Gasteiger partial charge in [0.15, 0.2) is 0 Å². The van der Waals surface area contributed by atoms with Gasteiger partial charge >= 0.3 is 26.7 Å². The molecule has 58 valence electrons. The fourth-order valence-electron chi connectivity index (χ4n) is 0.338. The Morgan fingerprint density at radius 1 is 1.40 bits per heavy atom. The van der Waals surface area contributed by atoms with Crippen LogP contribution < -0.4 is 18.9 Å². The molecule has 0 atom stereocenters. The van der Waals surface area contributed by atoms with Gasteiger partial charge in [-0.3, -0.25) is 13.6 Å². The van der Waals surface area contributed by atoms with Crippen LogP contribution >= 0.6 is 7.82 Å². The van der Waals surface area contributed by atoms with Gasteiger partial charge in [-0.2, -0.15) is 0 Å². The van der Waals surface area contributed by atoms with Crippen LogP contribution in [0, 0.1) is 0 Å². The standard InChI is InChI=1S/C4H11O4P.Li.H/c1-4-8-9(5,6-2)7-3;;/h4H2,1-3H3;;/q;+1;-1. The van der Waals surface area contributed by atoms with Crippen molar-refractivity contribution < 1.29 is 38.4 Å². The van der Waals surface area contributed by atoms with Crippen molar-refractivity contribution in [3.8, 4) is 0 Å². The fraction of sp³-hybridized carbons (Fsp3) is 1.00. The van der Waals surface area contributed by atoms with Crippen LogP contribution in [0.2, 0.25) is 0 Å². The van der Waals surface area contributed by atoms with Crippen LogP contribution in [0.15, 0.2) is 0 Å². The number of rotatable bonds is 4. The average molecular weight is 162 g/mol. The Hall–Kier alpha value is 0.707. The first-order chi connectivity index (χ1) is 4.18. The molecule has 0 saturated heterocycles. The number of phosphoric ester groups is 1. The molecule has 6 heteroatoms. The van der Waals surface area contributed by atoms with E-state index in [-0.39, 0.29) is 20.3 Å². The van der Waals surface area contributed by atoms with E-state index in [9.17, 15) is 4.57 Å². The zero-order valence-electron chi connectivity index (χ0n) is 7.79. The van der Waals surface area contributed by atoms with Crippen LogP contribution in [-0.2, 0) is 18.1 Å². The van der Waals surface area contributed by atoms with E-state index in [0.717, 1.165) is 0 Å². The van der Waals surface area contributed by atoms with Crippen LogP contribution in [0.1, 0.15) is 8.35 Å². The first-order valence-electron chi connectivity index (χ1n) is 2.54. The molecule has 0 aliphatic heterocycles. The zero-order valence-corrected chi connectivity index (χ0v) is 7.68. The third-order valence-corrected chi connectivity index (χ3v) is 2.20. The molecular formula is C4H12LiO4P. The van der Waals surface area contributed by atoms with Gasteiger partial charge in [0.2, 0.25) is 0 Å². The summed E-state index contributed by atoms with van der Waals surface area (Å²) in [6.45, 7) is 2.03. The molecule has 0 unspecified atom stereocenters. The molecule has 0 aromatic rings. The SMILES string of the molecule is CCOP(=O)(OC)OC.[H-].[Li+]. The maximum absolute atomic E-state index is 10.9. The Labute approximate surface area is 74.5 Å². The van der Waals surface area contributed by atoms with E-state index < -0.39 is 7.82 Å². The van der Waals surface area contributed by atoms with E-state index in [1.807, 2.05) is 0 Å². The van der Waals surface area contributed by atoms with E-state index in [4.69, 9.17) is 0 Å². The van der Waals surface area contributed by atoms with E-state index in [1.165, 1.54) is 14.2 Å². The van der Waals surface area contributed by atoms with Gasteiger partial charge in [-0.15, -0.1) is 0 Å². The van der Waals surface area contributed by atoms with Crippen LogP contribution in [0.5, 0.6) is 0 Å². The largest absolute Gasteiger partial charge is 1.00 e. The molecule has 0 radical (unpaired) electrons. The molecule has 0 aliphatic rings. The second-order valence-electron chi connectivity index (χ2n) is 1.23. The maximum Gasteiger partial charge on any atom is 1.00 e. The molecule has 0 N–H and O–H groups in total. The number of phosphoric acid groups is 1. The van der Waals surface area contributed by atoms with E-state index >= 15 is 0 Å². The van der Waals surface area contributed by atoms with Gasteiger partial charge in [0.1, 0.15) is 0 Å². The van der Waals surface area contributed by atoms with Crippen molar-refractivity contribution in [2.24, 2.45) is 0 Å². The van der Waals surface area contributed by atoms with Gasteiger partial charge in [0.25, 0.3) is 0 Å². The van der Waals surface area contributed by atoms with Crippen molar-refractivity contribution in [3.63, 3.8) is 0 Å². The summed E-state index contributed by atoms with van der Waals surface area (Å²) in [7, 11) is -0.626. The molecule has 0 heterocycles. The van der Waals surface area contributed by atoms with Gasteiger partial charge in [0.05, 0.1) is 6.61 Å². The van der Waals surface area contributed by atoms with E-state index in [1.54, 1.807) is 6.92 Å². The third kappa shape index (κ3) is 4.51. The summed E-state index contributed by atoms with van der Waals surface area (Å²) in [6, 6.07) is 0. The van der Waals surface area contributed by atoms with Crippen molar-refractivity contribution in [1.29, 1.82) is 0 Å². The van der Waals surface area contributed by atoms with Crippen LogP contribution in [0.3, 0.4) is 0 Å². The van der Waals surface area contributed by atoms with Gasteiger partial charge in [0, 0.05) is 14.2 Å². The van der Waals surface area contributed by atoms with Gasteiger partial charge in [-0.1, -0.05) is 0 Å². The number of hydrogen-bond acceptors (Lipinski definition) is 4. The molecule has 0 rings (SSSR count). The Balaban J connectivity index is -0.000000320. The summed E-state index contributed by atoms with van der Waals surface area (Å²) in [6.07, 6.45) is 0. The molecule has 0 aromatic carbocycles. The summed E-state index contributed by atoms with van der Waals surface area (Å²) in [4.78, 5) is 0. The van der Waals surface area contributed by atoms with Gasteiger partial charge in [-0.25, -0.2) is 4.57 Å². The summed E-state index contributed by atoms with van der Waals surface area (Å²) in [5.74, 6) is 0. The summed E-state index contributed by atoms with van der Waals surface area (Å²) in [5, 5.41) is 0. The molecule has 0 aliphatic carbocycles. The van der Waals surface area contributed by atoms with Crippen molar-refractivity contribution in [3.05, 3.63) is 0 Å². The minimum absolute atomic E-state index is 0. The molecule has 0 aromatic heterocycles. The quantitative estimate of drug-likeness (QED) is 0.374. The smallest absolute Gasteiger partial charge is 1.00 e. The Morgan fingerprint density at radius 3 is 1.90 bits per heavy atom. The van der Waals surface area contributed by atoms with Gasteiger partial charge < -0.3 is 1.43 Å². The van der Waals surface area contributed by atoms with Crippen molar-refractivity contribution in [2.75, 3.05) is 20.8 Å². The molecule has 0 saturated carbocycles. The monoisotopic (exact) mass is 162 g/mol. The maximum atomic E-state index is 10.9. The molecule has 0 fully saturated rings. The van der Waals surface area contributed by atoms with E-state index in [2.05, 4.69) is 13.6 Å². The zero-order chi connectivity index (χ0) is 7.33. The molecule has 4 nitrogen and oxygen atoms in total. The molecule has 0 amide bonds. The number of hydrogen-bond donors (Lipinski definition) is 0. The Kier molecular flexibility index (Phi) is 8.54. The molecular weight excluding hydrogens is 150 g/mol. The predicted molar refractivity (Wildman–Crippen MR) is 34.4 cm³/mol. The predicted octanol–water partition coefficient (Wildman–Crippen LogP) is -1.46. The van der Waals surface area contributed by atoms with E-state index in [0.29, 0.717) is 6.61 Å². The minimum atomic E-state index is -3.18. The van der Waals surface area contributed by atoms with Gasteiger partial charge in [-0.05, 0) is 6.92 Å². The molecule has 10 heavy (non-hydrogen) atoms.